The van der Waals surface area contributed by atoms with Gasteiger partial charge in [0.1, 0.15) is 5.82 Å². The second kappa shape index (κ2) is 5.43. The Morgan fingerprint density at radius 1 is 1.30 bits per heavy atom. The van der Waals surface area contributed by atoms with Crippen LogP contribution in [0, 0.1) is 10.1 Å². The van der Waals surface area contributed by atoms with Gasteiger partial charge in [0.05, 0.1) is 29.2 Å². The van der Waals surface area contributed by atoms with E-state index in [1.165, 1.54) is 6.07 Å². The van der Waals surface area contributed by atoms with E-state index in [-0.39, 0.29) is 16.7 Å². The van der Waals surface area contributed by atoms with Crippen molar-refractivity contribution in [3.8, 4) is 0 Å². The van der Waals surface area contributed by atoms with E-state index in [4.69, 9.17) is 4.74 Å². The molecular weight excluding hydrogens is 296 g/mol. The van der Waals surface area contributed by atoms with Gasteiger partial charge in [0.15, 0.2) is 0 Å². The number of aromatic nitrogens is 1. The Morgan fingerprint density at radius 3 is 2.96 bits per heavy atom. The summed E-state index contributed by atoms with van der Waals surface area (Å²) in [5, 5.41) is 11.6. The largest absolute Gasteiger partial charge is 0.373 e. The first-order chi connectivity index (χ1) is 11.1. The molecule has 2 unspecified atom stereocenters. The van der Waals surface area contributed by atoms with Gasteiger partial charge < -0.3 is 9.64 Å². The van der Waals surface area contributed by atoms with Crippen LogP contribution in [0.3, 0.4) is 0 Å². The van der Waals surface area contributed by atoms with E-state index in [0.717, 1.165) is 43.0 Å². The summed E-state index contributed by atoms with van der Waals surface area (Å²) in [6.45, 7) is 3.47. The summed E-state index contributed by atoms with van der Waals surface area (Å²) in [4.78, 5) is 19.7. The number of benzene rings is 1. The number of nitro benzene ring substituents is 1. The predicted octanol–water partition coefficient (Wildman–Crippen LogP) is 1.66. The number of nitrogens with zero attached hydrogens (tertiary/aromatic N) is 4. The predicted molar refractivity (Wildman–Crippen MR) is 86.8 cm³/mol. The molecule has 23 heavy (non-hydrogen) atoms. The van der Waals surface area contributed by atoms with Crippen LogP contribution in [-0.2, 0) is 4.74 Å². The molecule has 0 bridgehead atoms. The Balaban J connectivity index is 1.62. The monoisotopic (exact) mass is 314 g/mol. The second-order valence-corrected chi connectivity index (χ2v) is 6.17. The highest BCUT2D eigenvalue weighted by Gasteiger charge is 2.39. The summed E-state index contributed by atoms with van der Waals surface area (Å²) < 4.78 is 5.87. The van der Waals surface area contributed by atoms with Crippen LogP contribution in [0.2, 0.25) is 0 Å². The number of rotatable bonds is 2. The summed E-state index contributed by atoms with van der Waals surface area (Å²) in [5.41, 5.74) is 0.867. The molecule has 0 spiro atoms. The Hall–Kier alpha value is -2.25. The SMILES string of the molecule is CN1CCOC2CN(c3ccc4cc([N+](=O)[O-])ccc4n3)CC21. The molecule has 2 aliphatic rings. The molecule has 1 aromatic carbocycles. The van der Waals surface area contributed by atoms with E-state index in [1.807, 2.05) is 12.1 Å². The van der Waals surface area contributed by atoms with Crippen molar-refractivity contribution >= 4 is 22.4 Å². The lowest BCUT2D eigenvalue weighted by atomic mass is 10.1. The Bertz CT molecular complexity index is 766. The molecule has 0 radical (unpaired) electrons. The van der Waals surface area contributed by atoms with Gasteiger partial charge >= 0.3 is 0 Å². The highest BCUT2D eigenvalue weighted by molar-refractivity contribution is 5.82. The molecule has 2 aromatic rings. The van der Waals surface area contributed by atoms with Gasteiger partial charge in [-0.1, -0.05) is 0 Å². The summed E-state index contributed by atoms with van der Waals surface area (Å²) >= 11 is 0. The number of morpholine rings is 1. The molecule has 1 aromatic heterocycles. The number of hydrogen-bond donors (Lipinski definition) is 0. The second-order valence-electron chi connectivity index (χ2n) is 6.17. The molecule has 2 saturated heterocycles. The normalized spacial score (nSPS) is 24.8. The van der Waals surface area contributed by atoms with Gasteiger partial charge in [0, 0.05) is 37.2 Å². The third-order valence-corrected chi connectivity index (χ3v) is 4.77. The quantitative estimate of drug-likeness (QED) is 0.620. The van der Waals surface area contributed by atoms with Crippen molar-refractivity contribution in [1.82, 2.24) is 9.88 Å². The molecule has 0 amide bonds. The van der Waals surface area contributed by atoms with Crippen molar-refractivity contribution in [3.63, 3.8) is 0 Å². The van der Waals surface area contributed by atoms with Crippen LogP contribution in [0.4, 0.5) is 11.5 Å². The lowest BCUT2D eigenvalue weighted by molar-refractivity contribution is -0.384. The molecule has 2 fully saturated rings. The summed E-state index contributed by atoms with van der Waals surface area (Å²) in [7, 11) is 2.14. The van der Waals surface area contributed by atoms with Gasteiger partial charge in [-0.25, -0.2) is 4.98 Å². The minimum absolute atomic E-state index is 0.0919. The first-order valence-electron chi connectivity index (χ1n) is 7.74. The lowest BCUT2D eigenvalue weighted by Gasteiger charge is -2.33. The number of non-ortho nitro benzene ring substituents is 1. The zero-order valence-electron chi connectivity index (χ0n) is 12.9. The fraction of sp³-hybridized carbons (Fsp3) is 0.438. The zero-order valence-corrected chi connectivity index (χ0v) is 12.9. The van der Waals surface area contributed by atoms with Crippen molar-refractivity contribution in [3.05, 3.63) is 40.4 Å². The number of anilines is 1. The third kappa shape index (κ3) is 2.51. The summed E-state index contributed by atoms with van der Waals surface area (Å²) in [6.07, 6.45) is 0.225. The highest BCUT2D eigenvalue weighted by atomic mass is 16.6. The van der Waals surface area contributed by atoms with Gasteiger partial charge in [-0.3, -0.25) is 15.0 Å². The molecule has 120 valence electrons. The first-order valence-corrected chi connectivity index (χ1v) is 7.74. The number of likely N-dealkylation sites (N-methyl/N-ethyl adjacent to an activating group) is 1. The van der Waals surface area contributed by atoms with E-state index in [0.29, 0.717) is 6.04 Å². The first kappa shape index (κ1) is 14.3. The van der Waals surface area contributed by atoms with Crippen LogP contribution in [-0.4, -0.2) is 60.2 Å². The van der Waals surface area contributed by atoms with Crippen LogP contribution in [0.1, 0.15) is 0 Å². The zero-order chi connectivity index (χ0) is 16.0. The third-order valence-electron chi connectivity index (χ3n) is 4.77. The molecule has 7 nitrogen and oxygen atoms in total. The van der Waals surface area contributed by atoms with Crippen molar-refractivity contribution < 1.29 is 9.66 Å². The lowest BCUT2D eigenvalue weighted by Crippen LogP contribution is -2.48. The maximum absolute atomic E-state index is 10.9. The number of nitro groups is 1. The fourth-order valence-electron chi connectivity index (χ4n) is 3.44. The van der Waals surface area contributed by atoms with Crippen LogP contribution in [0.5, 0.6) is 0 Å². The highest BCUT2D eigenvalue weighted by Crippen LogP contribution is 2.28. The number of pyridine rings is 1. The molecule has 4 rings (SSSR count). The van der Waals surface area contributed by atoms with Crippen LogP contribution in [0.15, 0.2) is 30.3 Å². The average molecular weight is 314 g/mol. The molecule has 0 N–H and O–H groups in total. The van der Waals surface area contributed by atoms with Crippen molar-refractivity contribution in [1.29, 1.82) is 0 Å². The van der Waals surface area contributed by atoms with E-state index < -0.39 is 0 Å². The standard InChI is InChI=1S/C16H18N4O3/c1-18-6-7-23-15-10-19(9-14(15)18)16-5-2-11-8-12(20(21)22)3-4-13(11)17-16/h2-5,8,14-15H,6-7,9-10H2,1H3. The van der Waals surface area contributed by atoms with Crippen LogP contribution < -0.4 is 4.90 Å². The number of ether oxygens (including phenoxy) is 1. The molecule has 3 heterocycles. The van der Waals surface area contributed by atoms with Crippen LogP contribution >= 0.6 is 0 Å². The number of fused-ring (bicyclic) bond motifs is 2. The Morgan fingerprint density at radius 2 is 2.17 bits per heavy atom. The maximum atomic E-state index is 10.9. The van der Waals surface area contributed by atoms with Gasteiger partial charge in [-0.05, 0) is 25.2 Å². The van der Waals surface area contributed by atoms with E-state index >= 15 is 0 Å². The average Bonchev–Trinajstić information content (AvgIpc) is 2.99. The molecule has 2 aliphatic heterocycles. The summed E-state index contributed by atoms with van der Waals surface area (Å²) in [6, 6.07) is 9.01. The smallest absolute Gasteiger partial charge is 0.270 e. The minimum Gasteiger partial charge on any atom is -0.373 e. The van der Waals surface area contributed by atoms with Crippen molar-refractivity contribution in [2.75, 3.05) is 38.2 Å². The number of hydrogen-bond acceptors (Lipinski definition) is 6. The Kier molecular flexibility index (Phi) is 3.39. The van der Waals surface area contributed by atoms with Crippen LogP contribution in [0.25, 0.3) is 10.9 Å². The van der Waals surface area contributed by atoms with E-state index in [2.05, 4.69) is 21.8 Å². The maximum Gasteiger partial charge on any atom is 0.270 e. The molecule has 0 saturated carbocycles. The molecule has 2 atom stereocenters. The van der Waals surface area contributed by atoms with E-state index in [1.54, 1.807) is 12.1 Å². The van der Waals surface area contributed by atoms with Gasteiger partial charge in [0.2, 0.25) is 0 Å². The topological polar surface area (TPSA) is 71.7 Å². The van der Waals surface area contributed by atoms with Gasteiger partial charge in [-0.15, -0.1) is 0 Å². The fourth-order valence-corrected chi connectivity index (χ4v) is 3.44. The molecule has 7 heteroatoms. The molecule has 0 aliphatic carbocycles. The van der Waals surface area contributed by atoms with Gasteiger partial charge in [0.25, 0.3) is 5.69 Å². The summed E-state index contributed by atoms with van der Waals surface area (Å²) in [5.74, 6) is 0.901. The van der Waals surface area contributed by atoms with Crippen molar-refractivity contribution in [2.45, 2.75) is 12.1 Å². The Labute approximate surface area is 133 Å². The van der Waals surface area contributed by atoms with Crippen molar-refractivity contribution in [2.24, 2.45) is 0 Å². The van der Waals surface area contributed by atoms with E-state index in [9.17, 15) is 10.1 Å². The van der Waals surface area contributed by atoms with Gasteiger partial charge in [-0.2, -0.15) is 0 Å². The molecular formula is C16H18N4O3. The minimum atomic E-state index is -0.383.